The molecule has 0 bridgehead atoms. The molecule has 0 radical (unpaired) electrons. The van der Waals surface area contributed by atoms with Crippen LogP contribution in [0.3, 0.4) is 0 Å². The van der Waals surface area contributed by atoms with Gasteiger partial charge in [-0.2, -0.15) is 9.57 Å². The Kier molecular flexibility index (Phi) is 7.35. The quantitative estimate of drug-likeness (QED) is 0.478. The normalized spacial score (nSPS) is 16.0. The highest BCUT2D eigenvalue weighted by molar-refractivity contribution is 7.89. The third-order valence-electron chi connectivity index (χ3n) is 5.99. The van der Waals surface area contributed by atoms with Gasteiger partial charge in [-0.25, -0.2) is 8.42 Å². The van der Waals surface area contributed by atoms with E-state index >= 15 is 0 Å². The topological polar surface area (TPSA) is 137 Å². The number of carbonyl (C=O) groups excluding carboxylic acids is 1. The van der Waals surface area contributed by atoms with E-state index < -0.39 is 21.4 Å². The summed E-state index contributed by atoms with van der Waals surface area (Å²) in [7, 11) is -2.54. The number of furan rings is 1. The van der Waals surface area contributed by atoms with Crippen molar-refractivity contribution in [3.63, 3.8) is 0 Å². The molecule has 2 aromatic heterocycles. The van der Waals surface area contributed by atoms with E-state index in [0.29, 0.717) is 24.4 Å². The van der Waals surface area contributed by atoms with Crippen molar-refractivity contribution >= 4 is 26.8 Å². The number of nitrogens with zero attached hydrogens (tertiary/aromatic N) is 3. The van der Waals surface area contributed by atoms with Crippen LogP contribution in [0.1, 0.15) is 35.4 Å². The molecule has 3 heterocycles. The molecule has 0 unspecified atom stereocenters. The van der Waals surface area contributed by atoms with Crippen LogP contribution in [0.2, 0.25) is 0 Å². The van der Waals surface area contributed by atoms with Gasteiger partial charge in [-0.05, 0) is 43.2 Å². The second kappa shape index (κ2) is 10.4. The fraction of sp³-hybridized carbons (Fsp3) is 0.375. The van der Waals surface area contributed by atoms with Crippen molar-refractivity contribution in [2.75, 3.05) is 26.7 Å². The first-order valence-corrected chi connectivity index (χ1v) is 12.7. The second-order valence-corrected chi connectivity index (χ2v) is 10.4. The van der Waals surface area contributed by atoms with Crippen LogP contribution in [-0.2, 0) is 21.3 Å². The minimum absolute atomic E-state index is 0.0245. The van der Waals surface area contributed by atoms with Crippen molar-refractivity contribution in [1.29, 1.82) is 5.26 Å². The number of carbonyl (C=O) groups is 1. The van der Waals surface area contributed by atoms with E-state index in [1.165, 1.54) is 42.6 Å². The summed E-state index contributed by atoms with van der Waals surface area (Å²) >= 11 is 0. The Bertz CT molecular complexity index is 1400. The largest absolute Gasteiger partial charge is 0.467 e. The number of pyridine rings is 1. The van der Waals surface area contributed by atoms with E-state index in [2.05, 4.69) is 4.98 Å². The third-order valence-corrected chi connectivity index (χ3v) is 7.84. The number of aromatic amines is 1. The second-order valence-electron chi connectivity index (χ2n) is 8.37. The standard InChI is InChI=1S/C24H26N4O6S/c1-27(10-4-9-25)35(31,32)19-7-8-22-20(13-19)23(29)21(14-26-22)24(30)28(15-17-5-2-11-33-17)16-18-6-3-12-34-18/h2,5,7-8,11,13-14,18H,3-4,6,10,12,15-16H2,1H3,(H,26,29)/t18-/m0/s1. The number of H-pyrrole nitrogens is 1. The molecule has 1 N–H and O–H groups in total. The molecule has 0 spiro atoms. The Balaban J connectivity index is 1.69. The first-order valence-electron chi connectivity index (χ1n) is 11.2. The fourth-order valence-corrected chi connectivity index (χ4v) is 5.24. The number of rotatable bonds is 9. The lowest BCUT2D eigenvalue weighted by Crippen LogP contribution is -2.39. The lowest BCUT2D eigenvalue weighted by Gasteiger charge is -2.24. The summed E-state index contributed by atoms with van der Waals surface area (Å²) in [5.74, 6) is 0.0711. The average molecular weight is 499 g/mol. The monoisotopic (exact) mass is 498 g/mol. The maximum Gasteiger partial charge on any atom is 0.259 e. The Morgan fingerprint density at radius 3 is 2.83 bits per heavy atom. The first kappa shape index (κ1) is 24.7. The van der Waals surface area contributed by atoms with Gasteiger partial charge in [0, 0.05) is 50.3 Å². The summed E-state index contributed by atoms with van der Waals surface area (Å²) < 4.78 is 38.0. The van der Waals surface area contributed by atoms with Crippen molar-refractivity contribution < 1.29 is 22.4 Å². The molecule has 11 heteroatoms. The first-order chi connectivity index (χ1) is 16.8. The zero-order chi connectivity index (χ0) is 25.0. The molecular weight excluding hydrogens is 472 g/mol. The SMILES string of the molecule is CN(CCC#N)S(=O)(=O)c1ccc2[nH]cc(C(=O)N(Cc3ccco3)C[C@@H]3CCCO3)c(=O)c2c1. The Hall–Kier alpha value is -3.46. The van der Waals surface area contributed by atoms with Crippen molar-refractivity contribution in [1.82, 2.24) is 14.2 Å². The predicted molar refractivity (Wildman–Crippen MR) is 127 cm³/mol. The van der Waals surface area contributed by atoms with Crippen LogP contribution in [-0.4, -0.2) is 61.4 Å². The number of amides is 1. The number of ether oxygens (including phenoxy) is 1. The van der Waals surface area contributed by atoms with Gasteiger partial charge in [0.1, 0.15) is 11.3 Å². The molecule has 0 aliphatic carbocycles. The predicted octanol–water partition coefficient (Wildman–Crippen LogP) is 2.48. The number of benzene rings is 1. The van der Waals surface area contributed by atoms with E-state index in [4.69, 9.17) is 14.4 Å². The van der Waals surface area contributed by atoms with Gasteiger partial charge in [-0.15, -0.1) is 0 Å². The highest BCUT2D eigenvalue weighted by Crippen LogP contribution is 2.21. The minimum atomic E-state index is -3.91. The van der Waals surface area contributed by atoms with E-state index in [9.17, 15) is 18.0 Å². The smallest absolute Gasteiger partial charge is 0.259 e. The molecule has 35 heavy (non-hydrogen) atoms. The molecular formula is C24H26N4O6S. The lowest BCUT2D eigenvalue weighted by atomic mass is 10.1. The van der Waals surface area contributed by atoms with E-state index in [1.807, 2.05) is 6.07 Å². The Morgan fingerprint density at radius 2 is 2.14 bits per heavy atom. The van der Waals surface area contributed by atoms with Crippen molar-refractivity contribution in [3.8, 4) is 6.07 Å². The van der Waals surface area contributed by atoms with Crippen LogP contribution in [0, 0.1) is 11.3 Å². The van der Waals surface area contributed by atoms with Gasteiger partial charge in [-0.3, -0.25) is 9.59 Å². The van der Waals surface area contributed by atoms with Gasteiger partial charge >= 0.3 is 0 Å². The van der Waals surface area contributed by atoms with Gasteiger partial charge in [0.05, 0.1) is 29.9 Å². The molecule has 184 valence electrons. The molecule has 10 nitrogen and oxygen atoms in total. The molecule has 1 aliphatic rings. The Morgan fingerprint density at radius 1 is 1.31 bits per heavy atom. The van der Waals surface area contributed by atoms with Crippen LogP contribution < -0.4 is 5.43 Å². The molecule has 0 saturated carbocycles. The number of sulfonamides is 1. The molecule has 1 atom stereocenters. The number of hydrogen-bond donors (Lipinski definition) is 1. The molecule has 1 aliphatic heterocycles. The fourth-order valence-electron chi connectivity index (χ4n) is 4.04. The van der Waals surface area contributed by atoms with Gasteiger partial charge in [0.2, 0.25) is 15.5 Å². The maximum absolute atomic E-state index is 13.5. The average Bonchev–Trinajstić information content (AvgIpc) is 3.56. The van der Waals surface area contributed by atoms with E-state index in [-0.39, 0.29) is 41.5 Å². The van der Waals surface area contributed by atoms with Gasteiger partial charge < -0.3 is 19.0 Å². The number of hydrogen-bond acceptors (Lipinski definition) is 7. The summed E-state index contributed by atoms with van der Waals surface area (Å²) in [6, 6.07) is 9.53. The summed E-state index contributed by atoms with van der Waals surface area (Å²) in [5, 5.41) is 8.84. The van der Waals surface area contributed by atoms with Gasteiger partial charge in [-0.1, -0.05) is 0 Å². The number of fused-ring (bicyclic) bond motifs is 1. The molecule has 3 aromatic rings. The molecule has 1 aromatic carbocycles. The minimum Gasteiger partial charge on any atom is -0.467 e. The summed E-state index contributed by atoms with van der Waals surface area (Å²) in [6.45, 7) is 1.12. The highest BCUT2D eigenvalue weighted by atomic mass is 32.2. The van der Waals surface area contributed by atoms with Crippen molar-refractivity contribution in [2.45, 2.75) is 36.8 Å². The maximum atomic E-state index is 13.5. The van der Waals surface area contributed by atoms with Crippen molar-refractivity contribution in [3.05, 3.63) is 64.3 Å². The number of nitriles is 1. The zero-order valence-corrected chi connectivity index (χ0v) is 20.1. The molecule has 1 fully saturated rings. The van der Waals surface area contributed by atoms with Gasteiger partial charge in [0.15, 0.2) is 0 Å². The third kappa shape index (κ3) is 5.30. The van der Waals surface area contributed by atoms with Gasteiger partial charge in [0.25, 0.3) is 5.91 Å². The molecule has 4 rings (SSSR count). The van der Waals surface area contributed by atoms with Crippen LogP contribution in [0.4, 0.5) is 0 Å². The number of aromatic nitrogens is 1. The van der Waals surface area contributed by atoms with Crippen molar-refractivity contribution in [2.24, 2.45) is 0 Å². The van der Waals surface area contributed by atoms with Crippen LogP contribution >= 0.6 is 0 Å². The number of nitrogens with one attached hydrogen (secondary N) is 1. The van der Waals surface area contributed by atoms with E-state index in [0.717, 1.165) is 17.1 Å². The van der Waals surface area contributed by atoms with E-state index in [1.54, 1.807) is 12.1 Å². The summed E-state index contributed by atoms with van der Waals surface area (Å²) in [5.41, 5.74) is -0.270. The Labute approximate surface area is 202 Å². The van der Waals surface area contributed by atoms with Crippen LogP contribution in [0.25, 0.3) is 10.9 Å². The highest BCUT2D eigenvalue weighted by Gasteiger charge is 2.27. The zero-order valence-electron chi connectivity index (χ0n) is 19.3. The summed E-state index contributed by atoms with van der Waals surface area (Å²) in [4.78, 5) is 31.2. The summed E-state index contributed by atoms with van der Waals surface area (Å²) in [6.07, 6.45) is 4.50. The molecule has 1 saturated heterocycles. The molecule has 1 amide bonds. The van der Waals surface area contributed by atoms with Crippen LogP contribution in [0.5, 0.6) is 0 Å². The lowest BCUT2D eigenvalue weighted by molar-refractivity contribution is 0.0490. The van der Waals surface area contributed by atoms with Crippen LogP contribution in [0.15, 0.2) is 56.9 Å².